The SMILES string of the molecule is CCCCCCCCCCCCCCCCCCCCCCCCCCCCCC(=O)OCC(COC(=O)CCCCCCC)OC(=O)CCCCCCCCCCC. The number of rotatable bonds is 49. The van der Waals surface area contributed by atoms with Crippen LogP contribution in [-0.4, -0.2) is 37.2 Å². The number of hydrogen-bond acceptors (Lipinski definition) is 6. The van der Waals surface area contributed by atoms with E-state index < -0.39 is 6.10 Å². The van der Waals surface area contributed by atoms with Gasteiger partial charge in [0.05, 0.1) is 0 Å². The molecule has 0 saturated heterocycles. The normalized spacial score (nSPS) is 11.8. The first-order valence-corrected chi connectivity index (χ1v) is 26.5. The Labute approximate surface area is 368 Å². The molecule has 0 bridgehead atoms. The van der Waals surface area contributed by atoms with Gasteiger partial charge in [-0.05, 0) is 19.3 Å². The lowest BCUT2D eigenvalue weighted by atomic mass is 10.0. The summed E-state index contributed by atoms with van der Waals surface area (Å²) in [6, 6.07) is 0. The van der Waals surface area contributed by atoms with E-state index in [2.05, 4.69) is 20.8 Å². The Hall–Kier alpha value is -1.59. The van der Waals surface area contributed by atoms with E-state index >= 15 is 0 Å². The van der Waals surface area contributed by atoms with E-state index in [4.69, 9.17) is 14.2 Å². The van der Waals surface area contributed by atoms with Gasteiger partial charge >= 0.3 is 17.9 Å². The third kappa shape index (κ3) is 47.3. The van der Waals surface area contributed by atoms with Gasteiger partial charge in [-0.25, -0.2) is 0 Å². The van der Waals surface area contributed by atoms with E-state index in [1.165, 1.54) is 199 Å². The minimum atomic E-state index is -0.757. The summed E-state index contributed by atoms with van der Waals surface area (Å²) in [5.41, 5.74) is 0. The van der Waals surface area contributed by atoms with Crippen LogP contribution in [0.2, 0.25) is 0 Å². The van der Waals surface area contributed by atoms with Gasteiger partial charge in [0, 0.05) is 19.3 Å². The molecule has 0 fully saturated rings. The Morgan fingerprint density at radius 1 is 0.271 bits per heavy atom. The minimum absolute atomic E-state index is 0.0639. The molecule has 0 aliphatic carbocycles. The van der Waals surface area contributed by atoms with E-state index in [0.29, 0.717) is 19.3 Å². The summed E-state index contributed by atoms with van der Waals surface area (Å²) in [7, 11) is 0. The van der Waals surface area contributed by atoms with Gasteiger partial charge in [0.2, 0.25) is 0 Å². The van der Waals surface area contributed by atoms with Crippen molar-refractivity contribution in [3.8, 4) is 0 Å². The highest BCUT2D eigenvalue weighted by Crippen LogP contribution is 2.17. The van der Waals surface area contributed by atoms with Crippen LogP contribution in [-0.2, 0) is 28.6 Å². The quantitative estimate of drug-likeness (QED) is 0.0345. The Bertz CT molecular complexity index is 874. The van der Waals surface area contributed by atoms with Crippen LogP contribution >= 0.6 is 0 Å². The Morgan fingerprint density at radius 3 is 0.678 bits per heavy atom. The molecule has 0 aliphatic heterocycles. The third-order valence-corrected chi connectivity index (χ3v) is 12.1. The summed E-state index contributed by atoms with van der Waals surface area (Å²) in [5.74, 6) is -0.865. The summed E-state index contributed by atoms with van der Waals surface area (Å²) >= 11 is 0. The molecule has 6 nitrogen and oxygen atoms in total. The predicted molar refractivity (Wildman–Crippen MR) is 252 cm³/mol. The zero-order valence-electron chi connectivity index (χ0n) is 40.1. The first-order chi connectivity index (χ1) is 29.0. The van der Waals surface area contributed by atoms with Gasteiger partial charge in [0.1, 0.15) is 13.2 Å². The summed E-state index contributed by atoms with van der Waals surface area (Å²) in [6.07, 6.45) is 53.0. The zero-order chi connectivity index (χ0) is 43.0. The second-order valence-electron chi connectivity index (χ2n) is 18.2. The van der Waals surface area contributed by atoms with Crippen LogP contribution in [0.3, 0.4) is 0 Å². The molecule has 0 spiro atoms. The molecule has 0 radical (unpaired) electrons. The summed E-state index contributed by atoms with van der Waals surface area (Å²) in [4.78, 5) is 37.5. The summed E-state index contributed by atoms with van der Waals surface area (Å²) in [5, 5.41) is 0. The van der Waals surface area contributed by atoms with Gasteiger partial charge in [0.25, 0.3) is 0 Å². The van der Waals surface area contributed by atoms with E-state index in [0.717, 1.165) is 64.2 Å². The van der Waals surface area contributed by atoms with Gasteiger partial charge in [0.15, 0.2) is 6.10 Å². The minimum Gasteiger partial charge on any atom is -0.462 e. The molecular weight excluding hydrogens is 733 g/mol. The molecule has 0 aromatic rings. The van der Waals surface area contributed by atoms with Crippen LogP contribution in [0, 0.1) is 0 Å². The average Bonchev–Trinajstić information content (AvgIpc) is 3.23. The van der Waals surface area contributed by atoms with Crippen molar-refractivity contribution < 1.29 is 28.6 Å². The first-order valence-electron chi connectivity index (χ1n) is 26.5. The lowest BCUT2D eigenvalue weighted by molar-refractivity contribution is -0.167. The topological polar surface area (TPSA) is 78.9 Å². The van der Waals surface area contributed by atoms with Gasteiger partial charge in [-0.2, -0.15) is 0 Å². The third-order valence-electron chi connectivity index (χ3n) is 12.1. The van der Waals surface area contributed by atoms with E-state index in [9.17, 15) is 14.4 Å². The molecule has 1 unspecified atom stereocenters. The largest absolute Gasteiger partial charge is 0.462 e. The van der Waals surface area contributed by atoms with Crippen LogP contribution in [0.25, 0.3) is 0 Å². The molecule has 0 saturated carbocycles. The molecule has 0 N–H and O–H groups in total. The number of hydrogen-bond donors (Lipinski definition) is 0. The van der Waals surface area contributed by atoms with Crippen LogP contribution in [0.4, 0.5) is 0 Å². The Kier molecular flexibility index (Phi) is 47.7. The molecule has 0 amide bonds. The number of carbonyl (C=O) groups excluding carboxylic acids is 3. The molecule has 0 heterocycles. The standard InChI is InChI=1S/C53H102O6/c1-4-7-10-13-15-17-18-19-20-21-22-23-24-25-26-27-28-29-30-31-32-33-34-36-37-40-43-46-52(55)58-49-50(48-57-51(54)45-42-39-12-9-6-3)59-53(56)47-44-41-38-35-16-14-11-8-5-2/h50H,4-49H2,1-3H3. The summed E-state index contributed by atoms with van der Waals surface area (Å²) < 4.78 is 16.6. The highest BCUT2D eigenvalue weighted by Gasteiger charge is 2.19. The maximum absolute atomic E-state index is 12.6. The fourth-order valence-electron chi connectivity index (χ4n) is 8.09. The van der Waals surface area contributed by atoms with Crippen LogP contribution in [0.5, 0.6) is 0 Å². The first kappa shape index (κ1) is 57.4. The van der Waals surface area contributed by atoms with E-state index in [-0.39, 0.29) is 31.1 Å². The number of esters is 3. The molecule has 6 heteroatoms. The molecule has 0 rings (SSSR count). The number of carbonyl (C=O) groups is 3. The number of unbranched alkanes of at least 4 members (excludes halogenated alkanes) is 38. The molecule has 350 valence electrons. The molecule has 0 aromatic carbocycles. The Morgan fingerprint density at radius 2 is 0.458 bits per heavy atom. The average molecular weight is 835 g/mol. The molecule has 0 aromatic heterocycles. The van der Waals surface area contributed by atoms with Gasteiger partial charge in [-0.15, -0.1) is 0 Å². The highest BCUT2D eigenvalue weighted by atomic mass is 16.6. The molecular formula is C53H102O6. The highest BCUT2D eigenvalue weighted by molar-refractivity contribution is 5.71. The van der Waals surface area contributed by atoms with Crippen LogP contribution in [0.15, 0.2) is 0 Å². The van der Waals surface area contributed by atoms with Crippen molar-refractivity contribution in [3.05, 3.63) is 0 Å². The Balaban J connectivity index is 3.86. The van der Waals surface area contributed by atoms with E-state index in [1.807, 2.05) is 0 Å². The van der Waals surface area contributed by atoms with Crippen LogP contribution in [0.1, 0.15) is 303 Å². The second kappa shape index (κ2) is 49.1. The molecule has 0 aliphatic rings. The predicted octanol–water partition coefficient (Wildman–Crippen LogP) is 17.2. The number of ether oxygens (including phenoxy) is 3. The van der Waals surface area contributed by atoms with Crippen molar-refractivity contribution >= 4 is 17.9 Å². The maximum Gasteiger partial charge on any atom is 0.306 e. The van der Waals surface area contributed by atoms with Crippen molar-refractivity contribution in [2.24, 2.45) is 0 Å². The van der Waals surface area contributed by atoms with Crippen LogP contribution < -0.4 is 0 Å². The van der Waals surface area contributed by atoms with Crippen molar-refractivity contribution in [2.45, 2.75) is 309 Å². The van der Waals surface area contributed by atoms with Crippen molar-refractivity contribution in [1.82, 2.24) is 0 Å². The molecule has 59 heavy (non-hydrogen) atoms. The maximum atomic E-state index is 12.6. The fourth-order valence-corrected chi connectivity index (χ4v) is 8.09. The van der Waals surface area contributed by atoms with E-state index in [1.54, 1.807) is 0 Å². The monoisotopic (exact) mass is 835 g/mol. The second-order valence-corrected chi connectivity index (χ2v) is 18.2. The molecule has 1 atom stereocenters. The van der Waals surface area contributed by atoms with Gasteiger partial charge in [-0.3, -0.25) is 14.4 Å². The fraction of sp³-hybridized carbons (Fsp3) is 0.943. The van der Waals surface area contributed by atoms with Gasteiger partial charge < -0.3 is 14.2 Å². The van der Waals surface area contributed by atoms with Gasteiger partial charge in [-0.1, -0.05) is 265 Å². The van der Waals surface area contributed by atoms with Crippen molar-refractivity contribution in [3.63, 3.8) is 0 Å². The lowest BCUT2D eigenvalue weighted by Gasteiger charge is -2.18. The summed E-state index contributed by atoms with van der Waals surface area (Å²) in [6.45, 7) is 6.57. The lowest BCUT2D eigenvalue weighted by Crippen LogP contribution is -2.30. The smallest absolute Gasteiger partial charge is 0.306 e. The van der Waals surface area contributed by atoms with Crippen molar-refractivity contribution in [1.29, 1.82) is 0 Å². The van der Waals surface area contributed by atoms with Crippen molar-refractivity contribution in [2.75, 3.05) is 13.2 Å². The zero-order valence-corrected chi connectivity index (χ0v) is 40.1.